The molecule has 176 valence electrons. The number of rotatable bonds is 8. The lowest BCUT2D eigenvalue weighted by Crippen LogP contribution is -2.47. The molecule has 0 unspecified atom stereocenters. The third-order valence-electron chi connectivity index (χ3n) is 6.35. The molecule has 0 aliphatic carbocycles. The largest absolute Gasteiger partial charge is 0.353 e. The van der Waals surface area contributed by atoms with Gasteiger partial charge < -0.3 is 4.90 Å². The summed E-state index contributed by atoms with van der Waals surface area (Å²) in [5.41, 5.74) is 2.21. The van der Waals surface area contributed by atoms with Crippen LogP contribution >= 0.6 is 11.5 Å². The Hall–Kier alpha value is -2.78. The maximum absolute atomic E-state index is 12.6. The van der Waals surface area contributed by atoms with Crippen molar-refractivity contribution < 1.29 is 8.42 Å². The monoisotopic (exact) mass is 492 g/mol. The molecule has 0 bridgehead atoms. The highest BCUT2D eigenvalue weighted by Crippen LogP contribution is 2.29. The molecule has 1 N–H and O–H groups in total. The Labute approximate surface area is 205 Å². The molecule has 1 saturated heterocycles. The molecule has 4 aromatic rings. The molecule has 3 aromatic carbocycles. The van der Waals surface area contributed by atoms with E-state index in [9.17, 15) is 8.42 Å². The van der Waals surface area contributed by atoms with E-state index in [4.69, 9.17) is 4.37 Å². The number of fused-ring (bicyclic) bond motifs is 1. The molecule has 6 nitrogen and oxygen atoms in total. The van der Waals surface area contributed by atoms with Crippen LogP contribution in [-0.2, 0) is 23.0 Å². The molecule has 1 aromatic heterocycles. The zero-order valence-electron chi connectivity index (χ0n) is 18.9. The Bertz CT molecular complexity index is 1350. The van der Waals surface area contributed by atoms with Gasteiger partial charge in [-0.1, -0.05) is 54.6 Å². The van der Waals surface area contributed by atoms with E-state index in [0.717, 1.165) is 50.5 Å². The number of nitrogens with one attached hydrogen (secondary N) is 1. The molecular formula is C26H28N4O2S2. The van der Waals surface area contributed by atoms with E-state index >= 15 is 0 Å². The molecule has 0 atom stereocenters. The van der Waals surface area contributed by atoms with Gasteiger partial charge in [0.15, 0.2) is 0 Å². The molecule has 0 amide bonds. The van der Waals surface area contributed by atoms with Crippen LogP contribution in [0.3, 0.4) is 0 Å². The van der Waals surface area contributed by atoms with Crippen molar-refractivity contribution in [1.82, 2.24) is 14.0 Å². The SMILES string of the molecule is O=S(=O)(NCc1ccccc1CCN1CCN(c2nsc3ccccc23)CC1)c1ccccc1. The molecule has 2 heterocycles. The van der Waals surface area contributed by atoms with Gasteiger partial charge in [0.05, 0.1) is 9.60 Å². The van der Waals surface area contributed by atoms with Crippen molar-refractivity contribution in [2.45, 2.75) is 17.9 Å². The summed E-state index contributed by atoms with van der Waals surface area (Å²) in [5.74, 6) is 1.11. The van der Waals surface area contributed by atoms with Crippen molar-refractivity contribution in [2.75, 3.05) is 37.6 Å². The van der Waals surface area contributed by atoms with Crippen molar-refractivity contribution in [2.24, 2.45) is 0 Å². The zero-order valence-corrected chi connectivity index (χ0v) is 20.6. The van der Waals surface area contributed by atoms with E-state index in [2.05, 4.69) is 44.9 Å². The summed E-state index contributed by atoms with van der Waals surface area (Å²) >= 11 is 1.57. The predicted octanol–water partition coefficient (Wildman–Crippen LogP) is 4.14. The predicted molar refractivity (Wildman–Crippen MR) is 139 cm³/mol. The molecule has 0 saturated carbocycles. The maximum atomic E-state index is 12.6. The van der Waals surface area contributed by atoms with Crippen LogP contribution in [-0.4, -0.2) is 50.4 Å². The van der Waals surface area contributed by atoms with Gasteiger partial charge in [0.1, 0.15) is 5.82 Å². The Balaban J connectivity index is 1.17. The number of anilines is 1. The van der Waals surface area contributed by atoms with Gasteiger partial charge in [-0.05, 0) is 53.3 Å². The summed E-state index contributed by atoms with van der Waals surface area (Å²) in [6.07, 6.45) is 0.892. The van der Waals surface area contributed by atoms with Crippen LogP contribution in [0.25, 0.3) is 10.1 Å². The van der Waals surface area contributed by atoms with Gasteiger partial charge in [0.2, 0.25) is 10.0 Å². The van der Waals surface area contributed by atoms with Crippen molar-refractivity contribution >= 4 is 37.5 Å². The van der Waals surface area contributed by atoms with Crippen LogP contribution in [0.4, 0.5) is 5.82 Å². The fraction of sp³-hybridized carbons (Fsp3) is 0.269. The van der Waals surface area contributed by atoms with E-state index in [-0.39, 0.29) is 6.54 Å². The Morgan fingerprint density at radius 2 is 1.50 bits per heavy atom. The van der Waals surface area contributed by atoms with E-state index in [1.807, 2.05) is 24.3 Å². The van der Waals surface area contributed by atoms with Gasteiger partial charge in [-0.2, -0.15) is 4.37 Å². The van der Waals surface area contributed by atoms with Crippen molar-refractivity contribution in [3.05, 3.63) is 90.0 Å². The summed E-state index contributed by atoms with van der Waals surface area (Å²) in [6, 6.07) is 25.0. The molecule has 0 spiro atoms. The van der Waals surface area contributed by atoms with E-state index in [1.54, 1.807) is 35.8 Å². The quantitative estimate of drug-likeness (QED) is 0.401. The summed E-state index contributed by atoms with van der Waals surface area (Å²) in [5, 5.41) is 1.24. The van der Waals surface area contributed by atoms with Crippen LogP contribution in [0, 0.1) is 0 Å². The number of hydrogen-bond donors (Lipinski definition) is 1. The van der Waals surface area contributed by atoms with Gasteiger partial charge in [-0.15, -0.1) is 0 Å². The molecular weight excluding hydrogens is 464 g/mol. The summed E-state index contributed by atoms with van der Waals surface area (Å²) in [7, 11) is -3.53. The molecule has 1 aliphatic heterocycles. The zero-order chi connectivity index (χ0) is 23.4. The molecule has 1 fully saturated rings. The first-order valence-electron chi connectivity index (χ1n) is 11.5. The number of benzene rings is 3. The average molecular weight is 493 g/mol. The van der Waals surface area contributed by atoms with E-state index < -0.39 is 10.0 Å². The van der Waals surface area contributed by atoms with Crippen molar-refractivity contribution in [1.29, 1.82) is 0 Å². The van der Waals surface area contributed by atoms with E-state index in [1.165, 1.54) is 15.6 Å². The van der Waals surface area contributed by atoms with Crippen molar-refractivity contribution in [3.63, 3.8) is 0 Å². The van der Waals surface area contributed by atoms with Crippen LogP contribution in [0.15, 0.2) is 83.8 Å². The minimum Gasteiger partial charge on any atom is -0.353 e. The van der Waals surface area contributed by atoms with Gasteiger partial charge in [-0.25, -0.2) is 13.1 Å². The molecule has 1 aliphatic rings. The fourth-order valence-corrected chi connectivity index (χ4v) is 6.22. The lowest BCUT2D eigenvalue weighted by atomic mass is 10.0. The third kappa shape index (κ3) is 5.15. The third-order valence-corrected chi connectivity index (χ3v) is 8.59. The standard InChI is InChI=1S/C26H28N4O2S2/c31-34(32,23-10-2-1-3-11-23)27-20-22-9-5-4-8-21(22)14-15-29-16-18-30(19-17-29)26-24-12-6-7-13-25(24)33-28-26/h1-13,27H,14-20H2. The smallest absolute Gasteiger partial charge is 0.240 e. The lowest BCUT2D eigenvalue weighted by Gasteiger charge is -2.35. The van der Waals surface area contributed by atoms with Gasteiger partial charge in [-0.3, -0.25) is 4.90 Å². The highest BCUT2D eigenvalue weighted by Gasteiger charge is 2.21. The Kier molecular flexibility index (Phi) is 6.92. The summed E-state index contributed by atoms with van der Waals surface area (Å²) in [6.45, 7) is 5.16. The first kappa shape index (κ1) is 23.0. The highest BCUT2D eigenvalue weighted by molar-refractivity contribution is 7.89. The Morgan fingerprint density at radius 1 is 0.824 bits per heavy atom. The normalized spacial score (nSPS) is 15.1. The molecule has 0 radical (unpaired) electrons. The minimum absolute atomic E-state index is 0.290. The topological polar surface area (TPSA) is 65.5 Å². The second-order valence-corrected chi connectivity index (χ2v) is 11.1. The van der Waals surface area contributed by atoms with Crippen LogP contribution in [0.1, 0.15) is 11.1 Å². The maximum Gasteiger partial charge on any atom is 0.240 e. The van der Waals surface area contributed by atoms with Gasteiger partial charge in [0.25, 0.3) is 0 Å². The van der Waals surface area contributed by atoms with Gasteiger partial charge in [0, 0.05) is 44.7 Å². The second kappa shape index (κ2) is 10.2. The number of piperazine rings is 1. The highest BCUT2D eigenvalue weighted by atomic mass is 32.2. The molecule has 5 rings (SSSR count). The first-order chi connectivity index (χ1) is 16.6. The average Bonchev–Trinajstić information content (AvgIpc) is 3.32. The van der Waals surface area contributed by atoms with Crippen LogP contribution < -0.4 is 9.62 Å². The lowest BCUT2D eigenvalue weighted by molar-refractivity contribution is 0.260. The van der Waals surface area contributed by atoms with Gasteiger partial charge >= 0.3 is 0 Å². The number of sulfonamides is 1. The Morgan fingerprint density at radius 3 is 2.29 bits per heavy atom. The van der Waals surface area contributed by atoms with Crippen LogP contribution in [0.2, 0.25) is 0 Å². The molecule has 8 heteroatoms. The number of hydrogen-bond acceptors (Lipinski definition) is 6. The summed E-state index contributed by atoms with van der Waals surface area (Å²) < 4.78 is 33.9. The first-order valence-corrected chi connectivity index (χ1v) is 13.8. The van der Waals surface area contributed by atoms with E-state index in [0.29, 0.717) is 4.90 Å². The second-order valence-electron chi connectivity index (χ2n) is 8.49. The fourth-order valence-electron chi connectivity index (χ4n) is 4.39. The molecule has 34 heavy (non-hydrogen) atoms. The summed E-state index contributed by atoms with van der Waals surface area (Å²) in [4.78, 5) is 5.16. The number of aromatic nitrogens is 1. The van der Waals surface area contributed by atoms with Crippen molar-refractivity contribution in [3.8, 4) is 0 Å². The minimum atomic E-state index is -3.53. The number of nitrogens with zero attached hydrogens (tertiary/aromatic N) is 3. The van der Waals surface area contributed by atoms with Crippen LogP contribution in [0.5, 0.6) is 0 Å².